The highest BCUT2D eigenvalue weighted by Gasteiger charge is 2.31. The topological polar surface area (TPSA) is 13.0 Å². The summed E-state index contributed by atoms with van der Waals surface area (Å²) in [6.45, 7) is 0. The Balaban J connectivity index is 0.849. The highest BCUT2D eigenvalue weighted by Crippen LogP contribution is 2.56. The van der Waals surface area contributed by atoms with Crippen LogP contribution in [0.2, 0.25) is 0 Å². The van der Waals surface area contributed by atoms with Gasteiger partial charge in [-0.15, -0.1) is 0 Å². The molecule has 4 heteroatoms. The molecule has 0 radical (unpaired) electrons. The van der Waals surface area contributed by atoms with Gasteiger partial charge in [0.05, 0.1) is 11.4 Å². The molecule has 0 atom stereocenters. The number of nitrogens with zero attached hydrogens (tertiary/aromatic N) is 4. The molecule has 0 saturated carbocycles. The molecule has 72 heavy (non-hydrogen) atoms. The van der Waals surface area contributed by atoms with Crippen LogP contribution in [0.15, 0.2) is 255 Å². The van der Waals surface area contributed by atoms with Gasteiger partial charge < -0.3 is 19.6 Å². The van der Waals surface area contributed by atoms with Crippen molar-refractivity contribution < 1.29 is 0 Å². The molecule has 14 rings (SSSR count). The van der Waals surface area contributed by atoms with Crippen LogP contribution in [0.25, 0.3) is 76.8 Å². The van der Waals surface area contributed by atoms with Gasteiger partial charge in [-0.2, -0.15) is 0 Å². The first-order chi connectivity index (χ1) is 35.6. The average Bonchev–Trinajstić information content (AvgIpc) is 3.45. The molecule has 0 unspecified atom stereocenters. The van der Waals surface area contributed by atoms with Gasteiger partial charge in [-0.25, -0.2) is 0 Å². The van der Waals surface area contributed by atoms with E-state index in [4.69, 9.17) is 0 Å². The molecular formula is C68H48N4. The molecule has 340 valence electrons. The SMILES string of the molecule is CN1c2cc(-c3ccc(N(c4ccccc4)c4ccccc4)c4ccccc34)ccc2-c2ccc3c4c(ccc1c24)N(C)c1cc(-c2ccc(N(c4ccccc4)c4ccccc4)c4ccccc24)ccc1-3. The molecule has 2 aliphatic heterocycles. The van der Waals surface area contributed by atoms with Gasteiger partial charge in [-0.3, -0.25) is 0 Å². The molecule has 0 bridgehead atoms. The predicted octanol–water partition coefficient (Wildman–Crippen LogP) is 18.9. The van der Waals surface area contributed by atoms with Crippen molar-refractivity contribution in [3.05, 3.63) is 255 Å². The number of hydrogen-bond donors (Lipinski definition) is 0. The van der Waals surface area contributed by atoms with E-state index in [0.29, 0.717) is 0 Å². The number of hydrogen-bond acceptors (Lipinski definition) is 4. The normalized spacial score (nSPS) is 12.2. The van der Waals surface area contributed by atoms with Crippen LogP contribution in [0.1, 0.15) is 0 Å². The molecule has 2 heterocycles. The minimum atomic E-state index is 1.13. The zero-order chi connectivity index (χ0) is 47.9. The first-order valence-electron chi connectivity index (χ1n) is 24.8. The van der Waals surface area contributed by atoms with Gasteiger partial charge in [0.25, 0.3) is 0 Å². The monoisotopic (exact) mass is 920 g/mol. The van der Waals surface area contributed by atoms with Crippen molar-refractivity contribution in [1.29, 1.82) is 0 Å². The molecular weight excluding hydrogens is 873 g/mol. The third-order valence-electron chi connectivity index (χ3n) is 15.1. The summed E-state index contributed by atoms with van der Waals surface area (Å²) in [5.41, 5.74) is 21.5. The number of fused-ring (bicyclic) bond motifs is 6. The van der Waals surface area contributed by atoms with Crippen molar-refractivity contribution in [2.24, 2.45) is 0 Å². The molecule has 4 nitrogen and oxygen atoms in total. The second-order valence-electron chi connectivity index (χ2n) is 19.0. The zero-order valence-electron chi connectivity index (χ0n) is 40.0. The van der Waals surface area contributed by atoms with Crippen LogP contribution in [0.3, 0.4) is 0 Å². The summed E-state index contributed by atoms with van der Waals surface area (Å²) in [6, 6.07) is 93.1. The maximum absolute atomic E-state index is 2.40. The third-order valence-corrected chi connectivity index (χ3v) is 15.1. The minimum absolute atomic E-state index is 1.13. The van der Waals surface area contributed by atoms with Crippen LogP contribution in [0, 0.1) is 0 Å². The fraction of sp³-hybridized carbons (Fsp3) is 0.0294. The first-order valence-corrected chi connectivity index (χ1v) is 24.8. The van der Waals surface area contributed by atoms with Gasteiger partial charge in [0.1, 0.15) is 0 Å². The van der Waals surface area contributed by atoms with Gasteiger partial charge >= 0.3 is 0 Å². The molecule has 2 aliphatic rings. The van der Waals surface area contributed by atoms with Gasteiger partial charge in [-0.05, 0) is 129 Å². The van der Waals surface area contributed by atoms with Crippen LogP contribution in [0.4, 0.5) is 56.9 Å². The second-order valence-corrected chi connectivity index (χ2v) is 19.0. The highest BCUT2D eigenvalue weighted by atomic mass is 15.2. The summed E-state index contributed by atoms with van der Waals surface area (Å²) >= 11 is 0. The molecule has 12 aromatic carbocycles. The first kappa shape index (κ1) is 41.6. The Hall–Kier alpha value is -9.38. The van der Waals surface area contributed by atoms with Crippen LogP contribution < -0.4 is 19.6 Å². The standard InChI is InChI=1S/C68H48N4/c1-69-63-41-42-64-68-60(58-34-32-46(44-66(58)70(64)2)52-38-40-62(56-30-18-16-28-54(52)56)72(49-23-11-5-12-24-49)50-25-13-6-14-26-50)36-35-59(67(63)68)57-33-31-45(43-65(57)69)51-37-39-61(55-29-17-15-27-53(51)55)71(47-19-7-3-8-20-47)48-21-9-4-10-22-48/h3-44H,1-2H3. The Morgan fingerprint density at radius 1 is 0.250 bits per heavy atom. The largest absolute Gasteiger partial charge is 0.344 e. The fourth-order valence-corrected chi connectivity index (χ4v) is 11.8. The molecule has 0 spiro atoms. The summed E-state index contributed by atoms with van der Waals surface area (Å²) in [4.78, 5) is 9.54. The Labute approximate surface area is 420 Å². The van der Waals surface area contributed by atoms with Crippen LogP contribution in [-0.4, -0.2) is 14.1 Å². The van der Waals surface area contributed by atoms with E-state index >= 15 is 0 Å². The van der Waals surface area contributed by atoms with Crippen molar-refractivity contribution in [3.63, 3.8) is 0 Å². The maximum Gasteiger partial charge on any atom is 0.0540 e. The number of benzene rings is 12. The van der Waals surface area contributed by atoms with E-state index < -0.39 is 0 Å². The maximum atomic E-state index is 2.40. The van der Waals surface area contributed by atoms with Gasteiger partial charge in [0, 0.05) is 92.3 Å². The highest BCUT2D eigenvalue weighted by molar-refractivity contribution is 6.23. The van der Waals surface area contributed by atoms with Crippen molar-refractivity contribution >= 4 is 89.2 Å². The van der Waals surface area contributed by atoms with Crippen molar-refractivity contribution in [1.82, 2.24) is 0 Å². The molecule has 0 fully saturated rings. The lowest BCUT2D eigenvalue weighted by Crippen LogP contribution is -2.19. The van der Waals surface area contributed by atoms with Crippen LogP contribution in [0.5, 0.6) is 0 Å². The van der Waals surface area contributed by atoms with Gasteiger partial charge in [0.15, 0.2) is 0 Å². The Morgan fingerprint density at radius 2 is 0.556 bits per heavy atom. The molecule has 0 N–H and O–H groups in total. The lowest BCUT2D eigenvalue weighted by Gasteiger charge is -2.36. The Morgan fingerprint density at radius 3 is 0.917 bits per heavy atom. The van der Waals surface area contributed by atoms with E-state index in [1.807, 2.05) is 0 Å². The molecule has 0 aromatic heterocycles. The smallest absolute Gasteiger partial charge is 0.0540 e. The number of para-hydroxylation sites is 4. The van der Waals surface area contributed by atoms with E-state index in [2.05, 4.69) is 288 Å². The quantitative estimate of drug-likeness (QED) is 0.151. The van der Waals surface area contributed by atoms with Crippen molar-refractivity contribution in [2.45, 2.75) is 0 Å². The summed E-state index contributed by atoms with van der Waals surface area (Å²) in [5.74, 6) is 0. The lowest BCUT2D eigenvalue weighted by molar-refractivity contribution is 1.19. The van der Waals surface area contributed by atoms with E-state index in [9.17, 15) is 0 Å². The molecule has 0 saturated heterocycles. The number of rotatable bonds is 8. The lowest BCUT2D eigenvalue weighted by atomic mass is 9.83. The predicted molar refractivity (Wildman–Crippen MR) is 306 cm³/mol. The van der Waals surface area contributed by atoms with Crippen molar-refractivity contribution in [3.8, 4) is 44.5 Å². The van der Waals surface area contributed by atoms with E-state index in [1.54, 1.807) is 0 Å². The summed E-state index contributed by atoms with van der Waals surface area (Å²) < 4.78 is 0. The zero-order valence-corrected chi connectivity index (χ0v) is 40.0. The Kier molecular flexibility index (Phi) is 9.62. The third kappa shape index (κ3) is 6.46. The molecule has 0 amide bonds. The van der Waals surface area contributed by atoms with Crippen LogP contribution >= 0.6 is 0 Å². The summed E-state index contributed by atoms with van der Waals surface area (Å²) in [5, 5.41) is 7.45. The average molecular weight is 921 g/mol. The van der Waals surface area contributed by atoms with Gasteiger partial charge in [-0.1, -0.05) is 170 Å². The summed E-state index contributed by atoms with van der Waals surface area (Å²) in [6.07, 6.45) is 0. The minimum Gasteiger partial charge on any atom is -0.344 e. The van der Waals surface area contributed by atoms with Crippen LogP contribution in [-0.2, 0) is 0 Å². The van der Waals surface area contributed by atoms with Crippen molar-refractivity contribution in [2.75, 3.05) is 33.7 Å². The molecule has 0 aliphatic carbocycles. The second kappa shape index (κ2) is 16.6. The molecule has 12 aromatic rings. The van der Waals surface area contributed by atoms with E-state index in [1.165, 1.54) is 99.6 Å². The van der Waals surface area contributed by atoms with E-state index in [-0.39, 0.29) is 0 Å². The van der Waals surface area contributed by atoms with E-state index in [0.717, 1.165) is 34.1 Å². The summed E-state index contributed by atoms with van der Waals surface area (Å²) in [7, 11) is 4.46. The van der Waals surface area contributed by atoms with Gasteiger partial charge in [0.2, 0.25) is 0 Å². The Bertz CT molecular complexity index is 3730. The fourth-order valence-electron chi connectivity index (χ4n) is 11.8. The number of anilines is 10.